The molecule has 0 unspecified atom stereocenters. The zero-order valence-electron chi connectivity index (χ0n) is 8.06. The van der Waals surface area contributed by atoms with Crippen molar-refractivity contribution >= 4 is 11.9 Å². The molecule has 1 aromatic rings. The molecule has 0 aromatic carbocycles. The molecule has 0 saturated heterocycles. The third-order valence-electron chi connectivity index (χ3n) is 2.00. The van der Waals surface area contributed by atoms with Crippen molar-refractivity contribution < 1.29 is 18.7 Å². The summed E-state index contributed by atoms with van der Waals surface area (Å²) in [4.78, 5) is 22.4. The Morgan fingerprint density at radius 1 is 1.53 bits per heavy atom. The largest absolute Gasteiger partial charge is 0.457 e. The highest BCUT2D eigenvalue weighted by molar-refractivity contribution is 5.88. The molecule has 2 rings (SSSR count). The Kier molecular flexibility index (Phi) is 2.71. The molecule has 5 nitrogen and oxygen atoms in total. The lowest BCUT2D eigenvalue weighted by molar-refractivity contribution is -0.124. The summed E-state index contributed by atoms with van der Waals surface area (Å²) in [6.45, 7) is -0.254. The number of esters is 1. The van der Waals surface area contributed by atoms with Gasteiger partial charge in [-0.2, -0.15) is 0 Å². The van der Waals surface area contributed by atoms with Crippen LogP contribution in [-0.4, -0.2) is 24.5 Å². The van der Waals surface area contributed by atoms with Crippen molar-refractivity contribution in [3.05, 3.63) is 24.2 Å². The fourth-order valence-electron chi connectivity index (χ4n) is 1.09. The van der Waals surface area contributed by atoms with Crippen molar-refractivity contribution in [1.82, 2.24) is 5.32 Å². The van der Waals surface area contributed by atoms with E-state index in [4.69, 9.17) is 9.15 Å². The highest BCUT2D eigenvalue weighted by Crippen LogP contribution is 2.18. The van der Waals surface area contributed by atoms with Crippen LogP contribution in [0.1, 0.15) is 23.4 Å². The van der Waals surface area contributed by atoms with Gasteiger partial charge in [0, 0.05) is 6.04 Å². The predicted octanol–water partition coefficient (Wildman–Crippen LogP) is 0.715. The van der Waals surface area contributed by atoms with Gasteiger partial charge in [-0.3, -0.25) is 4.79 Å². The first-order valence-electron chi connectivity index (χ1n) is 4.75. The molecule has 0 radical (unpaired) electrons. The maximum absolute atomic E-state index is 11.2. The lowest BCUT2D eigenvalue weighted by Crippen LogP contribution is -2.30. The van der Waals surface area contributed by atoms with Crippen LogP contribution in [0.3, 0.4) is 0 Å². The van der Waals surface area contributed by atoms with Crippen LogP contribution in [-0.2, 0) is 9.53 Å². The van der Waals surface area contributed by atoms with Crippen LogP contribution in [0, 0.1) is 0 Å². The quantitative estimate of drug-likeness (QED) is 0.741. The van der Waals surface area contributed by atoms with E-state index in [1.807, 2.05) is 0 Å². The van der Waals surface area contributed by atoms with Gasteiger partial charge in [0.1, 0.15) is 0 Å². The molecule has 1 aromatic heterocycles. The molecule has 1 aliphatic carbocycles. The number of carbonyl (C=O) groups excluding carboxylic acids is 2. The molecule has 1 saturated carbocycles. The molecule has 0 aliphatic heterocycles. The molecule has 1 fully saturated rings. The van der Waals surface area contributed by atoms with Gasteiger partial charge < -0.3 is 14.5 Å². The van der Waals surface area contributed by atoms with Gasteiger partial charge in [0.15, 0.2) is 6.61 Å². The number of rotatable bonds is 4. The molecule has 1 heterocycles. The van der Waals surface area contributed by atoms with Crippen molar-refractivity contribution in [2.75, 3.05) is 6.61 Å². The monoisotopic (exact) mass is 209 g/mol. The van der Waals surface area contributed by atoms with Crippen LogP contribution in [0.2, 0.25) is 0 Å². The number of ether oxygens (including phenoxy) is 1. The van der Waals surface area contributed by atoms with Gasteiger partial charge in [-0.15, -0.1) is 0 Å². The normalized spacial score (nSPS) is 14.7. The maximum Gasteiger partial charge on any atom is 0.374 e. The average Bonchev–Trinajstić information content (AvgIpc) is 2.86. The van der Waals surface area contributed by atoms with Gasteiger partial charge in [-0.1, -0.05) is 0 Å². The van der Waals surface area contributed by atoms with Crippen molar-refractivity contribution in [3.8, 4) is 0 Å². The van der Waals surface area contributed by atoms with E-state index in [2.05, 4.69) is 5.32 Å². The standard InChI is InChI=1S/C10H11NO4/c12-9(11-7-3-4-7)6-15-10(13)8-2-1-5-14-8/h1-2,5,7H,3-4,6H2,(H,11,12). The molecule has 5 heteroatoms. The van der Waals surface area contributed by atoms with E-state index in [0.29, 0.717) is 0 Å². The number of nitrogens with one attached hydrogen (secondary N) is 1. The van der Waals surface area contributed by atoms with E-state index in [0.717, 1.165) is 12.8 Å². The molecular weight excluding hydrogens is 198 g/mol. The first-order valence-corrected chi connectivity index (χ1v) is 4.75. The highest BCUT2D eigenvalue weighted by atomic mass is 16.5. The van der Waals surface area contributed by atoms with E-state index in [1.165, 1.54) is 12.3 Å². The third-order valence-corrected chi connectivity index (χ3v) is 2.00. The van der Waals surface area contributed by atoms with Gasteiger partial charge in [0.05, 0.1) is 6.26 Å². The molecule has 0 spiro atoms. The minimum atomic E-state index is -0.619. The number of carbonyl (C=O) groups is 2. The summed E-state index contributed by atoms with van der Waals surface area (Å²) in [5, 5.41) is 2.71. The van der Waals surface area contributed by atoms with Crippen LogP contribution >= 0.6 is 0 Å². The van der Waals surface area contributed by atoms with Crippen LogP contribution in [0.5, 0.6) is 0 Å². The Bertz CT molecular complexity index is 354. The van der Waals surface area contributed by atoms with Gasteiger partial charge in [-0.25, -0.2) is 4.79 Å². The summed E-state index contributed by atoms with van der Waals surface area (Å²) >= 11 is 0. The van der Waals surface area contributed by atoms with Crippen molar-refractivity contribution in [2.24, 2.45) is 0 Å². The average molecular weight is 209 g/mol. The maximum atomic E-state index is 11.2. The fraction of sp³-hybridized carbons (Fsp3) is 0.400. The molecule has 0 atom stereocenters. The van der Waals surface area contributed by atoms with Gasteiger partial charge in [0.2, 0.25) is 5.76 Å². The van der Waals surface area contributed by atoms with Gasteiger partial charge in [0.25, 0.3) is 5.91 Å². The van der Waals surface area contributed by atoms with E-state index in [-0.39, 0.29) is 24.3 Å². The Morgan fingerprint density at radius 3 is 2.93 bits per heavy atom. The molecule has 15 heavy (non-hydrogen) atoms. The SMILES string of the molecule is O=C(COC(=O)c1ccco1)NC1CC1. The Hall–Kier alpha value is -1.78. The lowest BCUT2D eigenvalue weighted by Gasteiger charge is -2.03. The molecular formula is C10H11NO4. The van der Waals surface area contributed by atoms with Crippen molar-refractivity contribution in [1.29, 1.82) is 0 Å². The van der Waals surface area contributed by atoms with Gasteiger partial charge >= 0.3 is 5.97 Å². The van der Waals surface area contributed by atoms with Gasteiger partial charge in [-0.05, 0) is 25.0 Å². The van der Waals surface area contributed by atoms with Crippen LogP contribution in [0.4, 0.5) is 0 Å². The van der Waals surface area contributed by atoms with Crippen LogP contribution < -0.4 is 5.32 Å². The molecule has 0 bridgehead atoms. The van der Waals surface area contributed by atoms with E-state index in [9.17, 15) is 9.59 Å². The fourth-order valence-corrected chi connectivity index (χ4v) is 1.09. The molecule has 1 amide bonds. The summed E-state index contributed by atoms with van der Waals surface area (Å²) in [6, 6.07) is 3.35. The van der Waals surface area contributed by atoms with E-state index in [1.54, 1.807) is 6.07 Å². The first kappa shape index (κ1) is 9.76. The second-order valence-electron chi connectivity index (χ2n) is 3.40. The predicted molar refractivity (Wildman–Crippen MR) is 50.2 cm³/mol. The van der Waals surface area contributed by atoms with E-state index < -0.39 is 5.97 Å². The number of furan rings is 1. The summed E-state index contributed by atoms with van der Waals surface area (Å²) in [5.41, 5.74) is 0. The minimum Gasteiger partial charge on any atom is -0.457 e. The second-order valence-corrected chi connectivity index (χ2v) is 3.40. The summed E-state index contributed by atoms with van der Waals surface area (Å²) in [5.74, 6) is -0.780. The second kappa shape index (κ2) is 4.16. The molecule has 1 aliphatic rings. The van der Waals surface area contributed by atoms with Crippen molar-refractivity contribution in [3.63, 3.8) is 0 Å². The Labute approximate surface area is 86.4 Å². The van der Waals surface area contributed by atoms with E-state index >= 15 is 0 Å². The smallest absolute Gasteiger partial charge is 0.374 e. The summed E-state index contributed by atoms with van der Waals surface area (Å²) in [6.07, 6.45) is 3.40. The Morgan fingerprint density at radius 2 is 2.33 bits per heavy atom. The molecule has 1 N–H and O–H groups in total. The zero-order chi connectivity index (χ0) is 10.7. The lowest BCUT2D eigenvalue weighted by atomic mass is 10.4. The number of amides is 1. The third kappa shape index (κ3) is 2.83. The van der Waals surface area contributed by atoms with Crippen LogP contribution in [0.15, 0.2) is 22.8 Å². The number of hydrogen-bond acceptors (Lipinski definition) is 4. The topological polar surface area (TPSA) is 68.5 Å². The van der Waals surface area contributed by atoms with Crippen LogP contribution in [0.25, 0.3) is 0 Å². The number of hydrogen-bond donors (Lipinski definition) is 1. The summed E-state index contributed by atoms with van der Waals surface area (Å²) < 4.78 is 9.55. The minimum absolute atomic E-state index is 0.106. The summed E-state index contributed by atoms with van der Waals surface area (Å²) in [7, 11) is 0. The first-order chi connectivity index (χ1) is 7.25. The zero-order valence-corrected chi connectivity index (χ0v) is 8.06. The Balaban J connectivity index is 1.72. The highest BCUT2D eigenvalue weighted by Gasteiger charge is 2.23. The molecule has 80 valence electrons. The van der Waals surface area contributed by atoms with Crippen molar-refractivity contribution in [2.45, 2.75) is 18.9 Å².